The maximum Gasteiger partial charge on any atom is 0.320 e. The number of thiocarbonyl (C=S) groups is 1. The van der Waals surface area contributed by atoms with Crippen molar-refractivity contribution in [2.24, 2.45) is 5.73 Å². The van der Waals surface area contributed by atoms with Gasteiger partial charge < -0.3 is 11.1 Å². The maximum absolute atomic E-state index is 11.4. The largest absolute Gasteiger partial charge is 0.389 e. The Morgan fingerprint density at radius 3 is 2.94 bits per heavy atom. The summed E-state index contributed by atoms with van der Waals surface area (Å²) in [6, 6.07) is 1.22. The van der Waals surface area contributed by atoms with E-state index in [4.69, 9.17) is 25.8 Å². The van der Waals surface area contributed by atoms with E-state index < -0.39 is 0 Å². The summed E-state index contributed by atoms with van der Waals surface area (Å²) in [6.07, 6.45) is 2.27. The first kappa shape index (κ1) is 13.4. The summed E-state index contributed by atoms with van der Waals surface area (Å²) in [7, 11) is 5.64. The summed E-state index contributed by atoms with van der Waals surface area (Å²) < 4.78 is 0. The van der Waals surface area contributed by atoms with E-state index in [1.165, 1.54) is 6.20 Å². The number of hydrogen-bond donors (Lipinski definition) is 3. The van der Waals surface area contributed by atoms with Crippen LogP contribution >= 0.6 is 12.2 Å². The lowest BCUT2D eigenvalue weighted by Gasteiger charge is -2.09. The highest BCUT2D eigenvalue weighted by atomic mass is 32.1. The first-order valence-corrected chi connectivity index (χ1v) is 5.55. The Bertz CT molecular complexity index is 438. The molecule has 1 rings (SSSR count). The minimum absolute atomic E-state index is 0.168. The van der Waals surface area contributed by atoms with E-state index in [0.717, 1.165) is 6.42 Å². The third-order valence-electron chi connectivity index (χ3n) is 1.98. The van der Waals surface area contributed by atoms with Crippen molar-refractivity contribution >= 4 is 42.4 Å². The molecule has 0 aromatic carbocycles. The van der Waals surface area contributed by atoms with Gasteiger partial charge in [-0.1, -0.05) is 24.6 Å². The third-order valence-corrected chi connectivity index (χ3v) is 2.20. The number of hydrogen-bond acceptors (Lipinski definition) is 3. The molecule has 5 nitrogen and oxygen atoms in total. The number of nitrogens with one attached hydrogen (secondary N) is 2. The molecule has 1 aromatic heterocycles. The highest BCUT2D eigenvalue weighted by Crippen LogP contribution is 2.04. The van der Waals surface area contributed by atoms with Gasteiger partial charge in [-0.15, -0.1) is 0 Å². The van der Waals surface area contributed by atoms with Crippen molar-refractivity contribution < 1.29 is 4.79 Å². The van der Waals surface area contributed by atoms with Gasteiger partial charge in [-0.3, -0.25) is 5.32 Å². The quantitative estimate of drug-likeness (QED) is 0.519. The van der Waals surface area contributed by atoms with Crippen LogP contribution in [0, 0.1) is 0 Å². The van der Waals surface area contributed by atoms with Crippen LogP contribution in [-0.2, 0) is 0 Å². The summed E-state index contributed by atoms with van der Waals surface area (Å²) in [6.45, 7) is 2.57. The van der Waals surface area contributed by atoms with Gasteiger partial charge in [-0.2, -0.15) is 0 Å². The van der Waals surface area contributed by atoms with Crippen LogP contribution in [0.4, 0.5) is 10.6 Å². The average Bonchev–Trinajstić information content (AvgIpc) is 2.28. The van der Waals surface area contributed by atoms with E-state index in [1.54, 1.807) is 6.07 Å². The molecule has 88 valence electrons. The van der Waals surface area contributed by atoms with Crippen molar-refractivity contribution in [3.05, 3.63) is 17.8 Å². The minimum Gasteiger partial charge on any atom is -0.389 e. The Labute approximate surface area is 107 Å². The SMILES string of the molecule is [B]c1cnc(NC(=O)NCCC)cc1C(N)=S. The van der Waals surface area contributed by atoms with Gasteiger partial charge >= 0.3 is 6.03 Å². The molecule has 0 aliphatic rings. The van der Waals surface area contributed by atoms with E-state index in [1.807, 2.05) is 6.92 Å². The Kier molecular flexibility index (Phi) is 4.90. The molecule has 2 amide bonds. The highest BCUT2D eigenvalue weighted by molar-refractivity contribution is 7.80. The molecule has 4 N–H and O–H groups in total. The molecule has 1 heterocycles. The topological polar surface area (TPSA) is 80.0 Å². The molecule has 17 heavy (non-hydrogen) atoms. The second-order valence-corrected chi connectivity index (χ2v) is 3.84. The van der Waals surface area contributed by atoms with E-state index in [-0.39, 0.29) is 11.0 Å². The Morgan fingerprint density at radius 1 is 1.65 bits per heavy atom. The van der Waals surface area contributed by atoms with Gasteiger partial charge in [0.25, 0.3) is 0 Å². The van der Waals surface area contributed by atoms with Crippen molar-refractivity contribution in [3.63, 3.8) is 0 Å². The van der Waals surface area contributed by atoms with Crippen molar-refractivity contribution in [1.29, 1.82) is 0 Å². The number of urea groups is 1. The fourth-order valence-electron chi connectivity index (χ4n) is 1.15. The van der Waals surface area contributed by atoms with Gasteiger partial charge in [0, 0.05) is 18.3 Å². The third kappa shape index (κ3) is 4.03. The second-order valence-electron chi connectivity index (χ2n) is 3.40. The lowest BCUT2D eigenvalue weighted by Crippen LogP contribution is -2.30. The molecule has 0 saturated carbocycles. The molecule has 0 atom stereocenters. The molecular formula is C10H13BN4OS. The molecule has 0 unspecified atom stereocenters. The number of nitrogens with zero attached hydrogens (tertiary/aromatic N) is 1. The lowest BCUT2D eigenvalue weighted by molar-refractivity contribution is 0.252. The van der Waals surface area contributed by atoms with Crippen LogP contribution in [0.3, 0.4) is 0 Å². The number of anilines is 1. The number of rotatable bonds is 4. The van der Waals surface area contributed by atoms with Gasteiger partial charge in [-0.25, -0.2) is 9.78 Å². The molecule has 7 heteroatoms. The van der Waals surface area contributed by atoms with Crippen LogP contribution < -0.4 is 21.8 Å². The summed E-state index contributed by atoms with van der Waals surface area (Å²) in [5.74, 6) is 0.357. The van der Waals surface area contributed by atoms with Crippen LogP contribution in [0.5, 0.6) is 0 Å². The molecule has 0 aliphatic carbocycles. The molecule has 1 aromatic rings. The fourth-order valence-corrected chi connectivity index (χ4v) is 1.32. The molecule has 0 aliphatic heterocycles. The Balaban J connectivity index is 2.75. The van der Waals surface area contributed by atoms with Crippen molar-refractivity contribution in [2.75, 3.05) is 11.9 Å². The van der Waals surface area contributed by atoms with Crippen LogP contribution in [-0.4, -0.2) is 30.4 Å². The standard InChI is InChI=1S/C10H13BN4OS/c1-2-3-13-10(16)15-8-4-6(9(12)17)7(11)5-14-8/h4-5H,2-3H2,1H3,(H2,12,17)(H2,13,14,15,16). The predicted molar refractivity (Wildman–Crippen MR) is 72.8 cm³/mol. The van der Waals surface area contributed by atoms with Crippen LogP contribution in [0.1, 0.15) is 18.9 Å². The van der Waals surface area contributed by atoms with Crippen molar-refractivity contribution in [2.45, 2.75) is 13.3 Å². The first-order valence-electron chi connectivity index (χ1n) is 5.14. The van der Waals surface area contributed by atoms with Gasteiger partial charge in [-0.05, 0) is 12.5 Å². The van der Waals surface area contributed by atoms with Crippen LogP contribution in [0.25, 0.3) is 0 Å². The second kappa shape index (κ2) is 6.19. The van der Waals surface area contributed by atoms with E-state index in [9.17, 15) is 4.79 Å². The zero-order valence-corrected chi connectivity index (χ0v) is 10.3. The molecule has 0 fully saturated rings. The molecule has 0 bridgehead atoms. The fraction of sp³-hybridized carbons (Fsp3) is 0.300. The molecular weight excluding hydrogens is 235 g/mol. The zero-order chi connectivity index (χ0) is 12.8. The Morgan fingerprint density at radius 2 is 2.35 bits per heavy atom. The maximum atomic E-state index is 11.4. The van der Waals surface area contributed by atoms with Crippen LogP contribution in [0.2, 0.25) is 0 Å². The smallest absolute Gasteiger partial charge is 0.320 e. The van der Waals surface area contributed by atoms with Crippen LogP contribution in [0.15, 0.2) is 12.3 Å². The molecule has 2 radical (unpaired) electrons. The normalized spacial score (nSPS) is 9.71. The molecule has 0 saturated heterocycles. The van der Waals surface area contributed by atoms with Gasteiger partial charge in [0.1, 0.15) is 18.7 Å². The lowest BCUT2D eigenvalue weighted by atomic mass is 9.93. The van der Waals surface area contributed by atoms with Crippen molar-refractivity contribution in [3.8, 4) is 0 Å². The molecule has 0 spiro atoms. The van der Waals surface area contributed by atoms with E-state index >= 15 is 0 Å². The Hall–Kier alpha value is -1.63. The predicted octanol–water partition coefficient (Wildman–Crippen LogP) is 0.0411. The number of carbonyl (C=O) groups is 1. The van der Waals surface area contributed by atoms with Gasteiger partial charge in [0.15, 0.2) is 0 Å². The number of carbonyl (C=O) groups excluding carboxylic acids is 1. The van der Waals surface area contributed by atoms with Gasteiger partial charge in [0.05, 0.1) is 0 Å². The summed E-state index contributed by atoms with van der Waals surface area (Å²) in [5.41, 5.74) is 6.38. The summed E-state index contributed by atoms with van der Waals surface area (Å²) in [4.78, 5) is 15.5. The summed E-state index contributed by atoms with van der Waals surface area (Å²) >= 11 is 4.83. The number of aromatic nitrogens is 1. The van der Waals surface area contributed by atoms with Crippen molar-refractivity contribution in [1.82, 2.24) is 10.3 Å². The van der Waals surface area contributed by atoms with E-state index in [0.29, 0.717) is 23.4 Å². The monoisotopic (exact) mass is 248 g/mol. The number of amides is 2. The summed E-state index contributed by atoms with van der Waals surface area (Å²) in [5, 5.41) is 5.23. The zero-order valence-electron chi connectivity index (χ0n) is 9.49. The minimum atomic E-state index is -0.321. The average molecular weight is 248 g/mol. The van der Waals surface area contributed by atoms with E-state index in [2.05, 4.69) is 15.6 Å². The number of pyridine rings is 1. The first-order chi connectivity index (χ1) is 8.04. The number of nitrogens with two attached hydrogens (primary N) is 1. The highest BCUT2D eigenvalue weighted by Gasteiger charge is 2.06. The van der Waals surface area contributed by atoms with Gasteiger partial charge in [0.2, 0.25) is 0 Å².